The molecule has 0 unspecified atom stereocenters. The summed E-state index contributed by atoms with van der Waals surface area (Å²) in [4.78, 5) is 23.5. The number of hydrogen-bond acceptors (Lipinski definition) is 7. The Morgan fingerprint density at radius 2 is 1.72 bits per heavy atom. The van der Waals surface area contributed by atoms with Crippen molar-refractivity contribution in [2.24, 2.45) is 0 Å². The zero-order valence-electron chi connectivity index (χ0n) is 22.0. The van der Waals surface area contributed by atoms with Crippen molar-refractivity contribution in [3.8, 4) is 0 Å². The predicted octanol–water partition coefficient (Wildman–Crippen LogP) is 5.40. The van der Waals surface area contributed by atoms with Crippen molar-refractivity contribution in [1.29, 1.82) is 0 Å². The molecule has 1 aromatic heterocycles. The fourth-order valence-corrected chi connectivity index (χ4v) is 7.59. The number of thiazole rings is 1. The zero-order chi connectivity index (χ0) is 26.9. The number of anilines is 1. The van der Waals surface area contributed by atoms with Crippen molar-refractivity contribution in [3.05, 3.63) is 83.4 Å². The van der Waals surface area contributed by atoms with Crippen LogP contribution in [0.3, 0.4) is 0 Å². The van der Waals surface area contributed by atoms with E-state index >= 15 is 0 Å². The van der Waals surface area contributed by atoms with Crippen molar-refractivity contribution in [1.82, 2.24) is 14.2 Å². The molecule has 0 fully saturated rings. The van der Waals surface area contributed by atoms with E-state index in [-0.39, 0.29) is 23.2 Å². The molecule has 0 atom stereocenters. The Morgan fingerprint density at radius 3 is 2.41 bits per heavy atom. The van der Waals surface area contributed by atoms with Gasteiger partial charge in [0.1, 0.15) is 0 Å². The van der Waals surface area contributed by atoms with Gasteiger partial charge in [0.15, 0.2) is 5.13 Å². The molecule has 1 aliphatic heterocycles. The fraction of sp³-hybridized carbons (Fsp3) is 0.286. The number of halogens is 1. The van der Waals surface area contributed by atoms with Crippen LogP contribution in [0.5, 0.6) is 0 Å². The molecule has 0 N–H and O–H groups in total. The van der Waals surface area contributed by atoms with Crippen LogP contribution >= 0.6 is 35.5 Å². The average Bonchev–Trinajstić information content (AvgIpc) is 3.37. The van der Waals surface area contributed by atoms with E-state index in [0.717, 1.165) is 20.7 Å². The third-order valence-electron chi connectivity index (χ3n) is 6.67. The average molecular weight is 603 g/mol. The SMILES string of the molecule is CSc1cccc2sc(N(CCN(C)C)C(=O)c3ccc(S(=O)(=O)N4CCc5ccccc5C4)cc3)nc12.Cl. The molecule has 3 aromatic carbocycles. The van der Waals surface area contributed by atoms with Gasteiger partial charge in [-0.2, -0.15) is 4.31 Å². The highest BCUT2D eigenvalue weighted by Gasteiger charge is 2.29. The minimum atomic E-state index is -3.68. The summed E-state index contributed by atoms with van der Waals surface area (Å²) in [6.45, 7) is 1.93. The molecule has 0 saturated carbocycles. The topological polar surface area (TPSA) is 73.8 Å². The maximum absolute atomic E-state index is 13.7. The maximum atomic E-state index is 13.7. The Kier molecular flexibility index (Phi) is 9.36. The van der Waals surface area contributed by atoms with E-state index in [0.29, 0.717) is 43.3 Å². The molecule has 4 aromatic rings. The first kappa shape index (κ1) is 29.5. The van der Waals surface area contributed by atoms with Crippen LogP contribution in [0.4, 0.5) is 5.13 Å². The second-order valence-electron chi connectivity index (χ2n) is 9.45. The van der Waals surface area contributed by atoms with E-state index in [1.54, 1.807) is 28.8 Å². The molecule has 2 heterocycles. The van der Waals surface area contributed by atoms with E-state index in [2.05, 4.69) is 6.07 Å². The Bertz CT molecular complexity index is 1570. The smallest absolute Gasteiger partial charge is 0.260 e. The summed E-state index contributed by atoms with van der Waals surface area (Å²) in [7, 11) is 0.251. The second kappa shape index (κ2) is 12.4. The highest BCUT2D eigenvalue weighted by molar-refractivity contribution is 7.98. The van der Waals surface area contributed by atoms with E-state index < -0.39 is 10.0 Å². The number of likely N-dealkylation sites (N-methyl/N-ethyl adjacent to an activating group) is 1. The number of carbonyl (C=O) groups is 1. The molecule has 206 valence electrons. The number of benzene rings is 3. The Labute approximate surface area is 244 Å². The van der Waals surface area contributed by atoms with Gasteiger partial charge in [0.05, 0.1) is 15.1 Å². The van der Waals surface area contributed by atoms with Gasteiger partial charge in [0.2, 0.25) is 10.0 Å². The molecule has 0 bridgehead atoms. The van der Waals surface area contributed by atoms with Crippen LogP contribution in [0.15, 0.2) is 76.5 Å². The third kappa shape index (κ3) is 6.16. The van der Waals surface area contributed by atoms with Crippen LogP contribution in [0.2, 0.25) is 0 Å². The van der Waals surface area contributed by atoms with Gasteiger partial charge in [-0.25, -0.2) is 13.4 Å². The minimum Gasteiger partial charge on any atom is -0.308 e. The summed E-state index contributed by atoms with van der Waals surface area (Å²) in [6, 6.07) is 20.3. The van der Waals surface area contributed by atoms with Gasteiger partial charge in [-0.1, -0.05) is 41.7 Å². The first-order valence-electron chi connectivity index (χ1n) is 12.3. The van der Waals surface area contributed by atoms with Crippen LogP contribution in [-0.2, 0) is 23.0 Å². The van der Waals surface area contributed by atoms with Gasteiger partial charge in [-0.3, -0.25) is 9.69 Å². The van der Waals surface area contributed by atoms with Crippen LogP contribution in [0.1, 0.15) is 21.5 Å². The number of rotatable bonds is 8. The monoisotopic (exact) mass is 602 g/mol. The summed E-state index contributed by atoms with van der Waals surface area (Å²) in [6.07, 6.45) is 2.70. The molecule has 11 heteroatoms. The van der Waals surface area contributed by atoms with Crippen LogP contribution in [-0.4, -0.2) is 68.5 Å². The van der Waals surface area contributed by atoms with Gasteiger partial charge in [-0.05, 0) is 74.3 Å². The lowest BCUT2D eigenvalue weighted by Crippen LogP contribution is -2.37. The standard InChI is InChI=1S/C28H30N4O3S3.ClH/c1-30(2)17-18-32(28-29-26-24(36-3)9-6-10-25(26)37-28)27(33)21-11-13-23(14-12-21)38(34,35)31-16-15-20-7-4-5-8-22(20)19-31;/h4-14H,15-19H2,1-3H3;1H. The number of aromatic nitrogens is 1. The Balaban J connectivity index is 0.00000353. The van der Waals surface area contributed by atoms with E-state index in [9.17, 15) is 13.2 Å². The third-order valence-corrected chi connectivity index (χ3v) is 10.3. The van der Waals surface area contributed by atoms with Gasteiger partial charge in [-0.15, -0.1) is 24.2 Å². The number of carbonyl (C=O) groups excluding carboxylic acids is 1. The number of nitrogens with zero attached hydrogens (tertiary/aromatic N) is 4. The molecule has 39 heavy (non-hydrogen) atoms. The summed E-state index contributed by atoms with van der Waals surface area (Å²) >= 11 is 3.12. The van der Waals surface area contributed by atoms with Crippen molar-refractivity contribution in [3.63, 3.8) is 0 Å². The van der Waals surface area contributed by atoms with Crippen molar-refractivity contribution in [2.75, 3.05) is 44.9 Å². The first-order valence-corrected chi connectivity index (χ1v) is 15.8. The summed E-state index contributed by atoms with van der Waals surface area (Å²) in [5.41, 5.74) is 3.55. The number of sulfonamides is 1. The fourth-order valence-electron chi connectivity index (χ4n) is 4.53. The molecule has 1 aliphatic rings. The minimum absolute atomic E-state index is 0. The molecular weight excluding hydrogens is 572 g/mol. The number of thioether (sulfide) groups is 1. The van der Waals surface area contributed by atoms with Crippen LogP contribution in [0.25, 0.3) is 10.2 Å². The molecule has 1 amide bonds. The first-order chi connectivity index (χ1) is 18.3. The second-order valence-corrected chi connectivity index (χ2v) is 13.2. The zero-order valence-corrected chi connectivity index (χ0v) is 25.3. The van der Waals surface area contributed by atoms with Gasteiger partial charge >= 0.3 is 0 Å². The van der Waals surface area contributed by atoms with Crippen LogP contribution < -0.4 is 4.90 Å². The predicted molar refractivity (Wildman–Crippen MR) is 163 cm³/mol. The molecule has 7 nitrogen and oxygen atoms in total. The highest BCUT2D eigenvalue weighted by atomic mass is 35.5. The van der Waals surface area contributed by atoms with Gasteiger partial charge in [0, 0.05) is 36.6 Å². The van der Waals surface area contributed by atoms with Crippen LogP contribution in [0, 0.1) is 0 Å². The lowest BCUT2D eigenvalue weighted by Gasteiger charge is -2.28. The molecule has 0 aliphatic carbocycles. The summed E-state index contributed by atoms with van der Waals surface area (Å²) < 4.78 is 29.3. The molecule has 0 saturated heterocycles. The molecule has 0 spiro atoms. The van der Waals surface area contributed by atoms with Crippen molar-refractivity contribution < 1.29 is 13.2 Å². The Morgan fingerprint density at radius 1 is 1.00 bits per heavy atom. The van der Waals surface area contributed by atoms with E-state index in [4.69, 9.17) is 4.98 Å². The largest absolute Gasteiger partial charge is 0.308 e. The lowest BCUT2D eigenvalue weighted by molar-refractivity contribution is 0.0985. The highest BCUT2D eigenvalue weighted by Crippen LogP contribution is 2.35. The maximum Gasteiger partial charge on any atom is 0.260 e. The summed E-state index contributed by atoms with van der Waals surface area (Å²) in [5.74, 6) is -0.201. The van der Waals surface area contributed by atoms with Crippen molar-refractivity contribution >= 4 is 66.8 Å². The van der Waals surface area contributed by atoms with Crippen molar-refractivity contribution in [2.45, 2.75) is 22.8 Å². The normalized spacial score (nSPS) is 13.7. The quantitative estimate of drug-likeness (QED) is 0.252. The number of amides is 1. The van der Waals surface area contributed by atoms with Gasteiger partial charge in [0.25, 0.3) is 5.91 Å². The molecular formula is C28H31ClN4O3S3. The number of fused-ring (bicyclic) bond motifs is 2. The molecule has 5 rings (SSSR count). The van der Waals surface area contributed by atoms with E-state index in [1.165, 1.54) is 33.3 Å². The van der Waals surface area contributed by atoms with E-state index in [1.807, 2.05) is 61.6 Å². The number of hydrogen-bond donors (Lipinski definition) is 0. The van der Waals surface area contributed by atoms with Gasteiger partial charge < -0.3 is 4.90 Å². The Hall–Kier alpha value is -2.47. The lowest BCUT2D eigenvalue weighted by atomic mass is 10.0. The molecule has 0 radical (unpaired) electrons. The number of para-hydroxylation sites is 1. The summed E-state index contributed by atoms with van der Waals surface area (Å²) in [5, 5.41) is 0.636.